The molecule has 0 radical (unpaired) electrons. The summed E-state index contributed by atoms with van der Waals surface area (Å²) < 4.78 is 12.7. The van der Waals surface area contributed by atoms with E-state index >= 15 is 0 Å². The van der Waals surface area contributed by atoms with Crippen molar-refractivity contribution in [2.75, 3.05) is 5.32 Å². The number of pyridine rings is 2. The van der Waals surface area contributed by atoms with Crippen LogP contribution in [0.4, 0.5) is 5.69 Å². The van der Waals surface area contributed by atoms with Crippen molar-refractivity contribution in [2.45, 2.75) is 32.6 Å². The highest BCUT2D eigenvalue weighted by molar-refractivity contribution is 6.03. The molecule has 0 saturated carbocycles. The minimum absolute atomic E-state index is 0.129. The number of benzene rings is 1. The molecule has 0 atom stereocenters. The third-order valence-corrected chi connectivity index (χ3v) is 5.43. The number of carbonyl (C=O) groups excluding carboxylic acids is 2. The summed E-state index contributed by atoms with van der Waals surface area (Å²) in [6.07, 6.45) is 5.02. The number of esters is 1. The second-order valence-corrected chi connectivity index (χ2v) is 9.10. The van der Waals surface area contributed by atoms with Crippen LogP contribution in [0.2, 0.25) is 0 Å². The lowest BCUT2D eigenvalue weighted by molar-refractivity contribution is -0.131. The molecule has 0 bridgehead atoms. The number of nitrogens with one attached hydrogen (secondary N) is 1. The van der Waals surface area contributed by atoms with Gasteiger partial charge in [0.15, 0.2) is 11.5 Å². The molecule has 0 aliphatic carbocycles. The van der Waals surface area contributed by atoms with E-state index in [1.54, 1.807) is 71.8 Å². The summed E-state index contributed by atoms with van der Waals surface area (Å²) in [5.41, 5.74) is 2.87. The number of ether oxygens (including phenoxy) is 2. The first kappa shape index (κ1) is 22.3. The molecule has 0 fully saturated rings. The smallest absolute Gasteiger partial charge is 0.317 e. The summed E-state index contributed by atoms with van der Waals surface area (Å²) in [5.74, 6) is 0.623. The first-order chi connectivity index (χ1) is 16.8. The Labute approximate surface area is 201 Å². The average Bonchev–Trinajstić information content (AvgIpc) is 3.45. The van der Waals surface area contributed by atoms with E-state index in [1.165, 1.54) is 0 Å². The van der Waals surface area contributed by atoms with Gasteiger partial charge in [0.25, 0.3) is 5.91 Å². The van der Waals surface area contributed by atoms with Crippen LogP contribution >= 0.6 is 0 Å². The standard InChI is InChI=1S/C26H23N5O4/c1-26(2,3)22-15-20(31(30-22)17-8-11-27-12-9-17)25(33)29-16-4-6-18(7-5-16)34-21-10-13-28-19-14-23(32)35-24(19)21/h4-13,15H,14H2,1-3H3,(H,29,33). The lowest BCUT2D eigenvalue weighted by atomic mass is 9.92. The fourth-order valence-electron chi connectivity index (χ4n) is 3.59. The van der Waals surface area contributed by atoms with E-state index in [0.717, 1.165) is 11.4 Å². The fourth-order valence-corrected chi connectivity index (χ4v) is 3.59. The van der Waals surface area contributed by atoms with E-state index in [-0.39, 0.29) is 23.7 Å². The van der Waals surface area contributed by atoms with Gasteiger partial charge >= 0.3 is 5.97 Å². The molecule has 0 spiro atoms. The quantitative estimate of drug-likeness (QED) is 0.430. The van der Waals surface area contributed by atoms with Gasteiger partial charge in [-0.2, -0.15) is 5.10 Å². The van der Waals surface area contributed by atoms with Crippen LogP contribution < -0.4 is 14.8 Å². The SMILES string of the molecule is CC(C)(C)c1cc(C(=O)Nc2ccc(Oc3ccnc4c3OC(=O)C4)cc2)n(-c2ccncc2)n1. The molecular formula is C26H23N5O4. The summed E-state index contributed by atoms with van der Waals surface area (Å²) in [7, 11) is 0. The Morgan fingerprint density at radius 2 is 1.80 bits per heavy atom. The number of amides is 1. The number of aromatic nitrogens is 4. The van der Waals surface area contributed by atoms with Gasteiger partial charge in [0, 0.05) is 35.8 Å². The zero-order chi connectivity index (χ0) is 24.6. The molecule has 1 aromatic carbocycles. The summed E-state index contributed by atoms with van der Waals surface area (Å²) in [5, 5.41) is 7.60. The van der Waals surface area contributed by atoms with E-state index in [1.807, 2.05) is 20.8 Å². The largest absolute Gasteiger partial charge is 0.453 e. The molecule has 0 unspecified atom stereocenters. The average molecular weight is 470 g/mol. The van der Waals surface area contributed by atoms with Gasteiger partial charge in [-0.1, -0.05) is 20.8 Å². The maximum Gasteiger partial charge on any atom is 0.317 e. The van der Waals surface area contributed by atoms with Gasteiger partial charge in [-0.05, 0) is 42.5 Å². The van der Waals surface area contributed by atoms with Crippen molar-refractivity contribution in [3.63, 3.8) is 0 Å². The van der Waals surface area contributed by atoms with Crippen molar-refractivity contribution < 1.29 is 19.1 Å². The molecule has 1 aliphatic rings. The van der Waals surface area contributed by atoms with Gasteiger partial charge in [0.1, 0.15) is 11.4 Å². The highest BCUT2D eigenvalue weighted by Gasteiger charge is 2.26. The predicted molar refractivity (Wildman–Crippen MR) is 128 cm³/mol. The molecule has 35 heavy (non-hydrogen) atoms. The molecule has 4 heterocycles. The number of rotatable bonds is 5. The first-order valence-electron chi connectivity index (χ1n) is 11.1. The van der Waals surface area contributed by atoms with Gasteiger partial charge in [0.05, 0.1) is 23.5 Å². The normalized spacial score (nSPS) is 12.7. The Hall–Kier alpha value is -4.53. The molecule has 3 aromatic heterocycles. The van der Waals surface area contributed by atoms with Crippen molar-refractivity contribution >= 4 is 17.6 Å². The van der Waals surface area contributed by atoms with E-state index in [2.05, 4.69) is 20.4 Å². The minimum atomic E-state index is -0.359. The second kappa shape index (κ2) is 8.68. The lowest BCUT2D eigenvalue weighted by Gasteiger charge is -2.14. The summed E-state index contributed by atoms with van der Waals surface area (Å²) in [6.45, 7) is 6.14. The van der Waals surface area contributed by atoms with Crippen molar-refractivity contribution in [3.05, 3.63) is 84.2 Å². The van der Waals surface area contributed by atoms with E-state index in [0.29, 0.717) is 34.3 Å². The van der Waals surface area contributed by atoms with Crippen LogP contribution in [0.5, 0.6) is 17.2 Å². The summed E-state index contributed by atoms with van der Waals surface area (Å²) in [4.78, 5) is 33.0. The minimum Gasteiger partial charge on any atom is -0.453 e. The van der Waals surface area contributed by atoms with E-state index in [9.17, 15) is 9.59 Å². The molecular weight excluding hydrogens is 446 g/mol. The highest BCUT2D eigenvalue weighted by Crippen LogP contribution is 2.37. The van der Waals surface area contributed by atoms with Gasteiger partial charge in [0.2, 0.25) is 0 Å². The van der Waals surface area contributed by atoms with Gasteiger partial charge in [-0.25, -0.2) is 4.68 Å². The van der Waals surface area contributed by atoms with E-state index < -0.39 is 0 Å². The van der Waals surface area contributed by atoms with Crippen LogP contribution in [-0.4, -0.2) is 31.6 Å². The van der Waals surface area contributed by atoms with Crippen LogP contribution in [0.15, 0.2) is 67.1 Å². The van der Waals surface area contributed by atoms with Crippen molar-refractivity contribution in [1.82, 2.24) is 19.7 Å². The zero-order valence-electron chi connectivity index (χ0n) is 19.5. The molecule has 5 rings (SSSR count). The number of hydrogen-bond acceptors (Lipinski definition) is 7. The molecule has 4 aromatic rings. The Bertz CT molecular complexity index is 1410. The van der Waals surface area contributed by atoms with E-state index in [4.69, 9.17) is 9.47 Å². The summed E-state index contributed by atoms with van der Waals surface area (Å²) >= 11 is 0. The summed E-state index contributed by atoms with van der Waals surface area (Å²) in [6, 6.07) is 14.0. The number of nitrogens with zero attached hydrogens (tertiary/aromatic N) is 4. The molecule has 9 nitrogen and oxygen atoms in total. The Morgan fingerprint density at radius 3 is 2.51 bits per heavy atom. The van der Waals surface area contributed by atoms with Crippen molar-refractivity contribution in [1.29, 1.82) is 0 Å². The number of fused-ring (bicyclic) bond motifs is 1. The third kappa shape index (κ3) is 4.61. The van der Waals surface area contributed by atoms with Gasteiger partial charge in [-0.15, -0.1) is 0 Å². The highest BCUT2D eigenvalue weighted by atomic mass is 16.6. The Morgan fingerprint density at radius 1 is 1.06 bits per heavy atom. The lowest BCUT2D eigenvalue weighted by Crippen LogP contribution is -2.17. The molecule has 0 saturated heterocycles. The Balaban J connectivity index is 1.35. The third-order valence-electron chi connectivity index (χ3n) is 5.43. The van der Waals surface area contributed by atoms with Crippen molar-refractivity contribution in [2.24, 2.45) is 0 Å². The fraction of sp³-hybridized carbons (Fsp3) is 0.192. The predicted octanol–water partition coefficient (Wildman–Crippen LogP) is 4.47. The Kier molecular flexibility index (Phi) is 5.52. The maximum absolute atomic E-state index is 13.2. The van der Waals surface area contributed by atoms with Crippen LogP contribution in [0.1, 0.15) is 42.6 Å². The number of hydrogen-bond donors (Lipinski definition) is 1. The molecule has 9 heteroatoms. The van der Waals surface area contributed by atoms with Crippen LogP contribution in [0.3, 0.4) is 0 Å². The molecule has 1 N–H and O–H groups in total. The monoisotopic (exact) mass is 469 g/mol. The van der Waals surface area contributed by atoms with Crippen LogP contribution in [0, 0.1) is 0 Å². The van der Waals surface area contributed by atoms with Gasteiger partial charge < -0.3 is 14.8 Å². The number of carbonyl (C=O) groups is 2. The van der Waals surface area contributed by atoms with Crippen LogP contribution in [-0.2, 0) is 16.6 Å². The molecule has 176 valence electrons. The second-order valence-electron chi connectivity index (χ2n) is 9.10. The molecule has 1 amide bonds. The van der Waals surface area contributed by atoms with Crippen molar-refractivity contribution in [3.8, 4) is 22.9 Å². The van der Waals surface area contributed by atoms with Crippen LogP contribution in [0.25, 0.3) is 5.69 Å². The first-order valence-corrected chi connectivity index (χ1v) is 11.1. The topological polar surface area (TPSA) is 108 Å². The van der Waals surface area contributed by atoms with Gasteiger partial charge in [-0.3, -0.25) is 19.6 Å². The molecule has 1 aliphatic heterocycles. The maximum atomic E-state index is 13.2. The zero-order valence-corrected chi connectivity index (χ0v) is 19.5. The number of anilines is 1.